The summed E-state index contributed by atoms with van der Waals surface area (Å²) in [6.07, 6.45) is 6.57. The van der Waals surface area contributed by atoms with Crippen molar-refractivity contribution in [1.82, 2.24) is 34.8 Å². The van der Waals surface area contributed by atoms with Crippen LogP contribution >= 0.6 is 11.6 Å². The largest absolute Gasteiger partial charge is 0.370 e. The maximum absolute atomic E-state index is 15.2. The maximum atomic E-state index is 15.2. The van der Waals surface area contributed by atoms with Gasteiger partial charge in [0.05, 0.1) is 34.7 Å². The van der Waals surface area contributed by atoms with Gasteiger partial charge in [-0.1, -0.05) is 28.9 Å². The minimum Gasteiger partial charge on any atom is -0.370 e. The Morgan fingerprint density at radius 2 is 1.90 bits per heavy atom. The minimum atomic E-state index is -0.532. The molecule has 0 amide bonds. The molecule has 0 aliphatic heterocycles. The molecule has 0 spiro atoms. The lowest BCUT2D eigenvalue weighted by atomic mass is 10.0. The van der Waals surface area contributed by atoms with Crippen LogP contribution in [0.4, 0.5) is 4.39 Å². The normalized spacial score (nSPS) is 13.5. The van der Waals surface area contributed by atoms with Gasteiger partial charge < -0.3 is 33.2 Å². The fourth-order valence-corrected chi connectivity index (χ4v) is 5.83. The van der Waals surface area contributed by atoms with Crippen molar-refractivity contribution in [1.29, 1.82) is 0 Å². The first-order chi connectivity index (χ1) is 23.0. The number of aromatic amines is 1. The van der Waals surface area contributed by atoms with Gasteiger partial charge in [0.2, 0.25) is 0 Å². The fourth-order valence-electron chi connectivity index (χ4n) is 5.59. The molecule has 0 aliphatic carbocycles. The van der Waals surface area contributed by atoms with E-state index >= 15 is 4.39 Å². The molecule has 2 aromatic carbocycles. The molecule has 0 aliphatic rings. The number of aromatic nitrogens is 6. The highest BCUT2D eigenvalue weighted by molar-refractivity contribution is 6.31. The highest BCUT2D eigenvalue weighted by Crippen LogP contribution is 2.31. The van der Waals surface area contributed by atoms with Crippen molar-refractivity contribution in [3.63, 3.8) is 0 Å². The second-order valence-electron chi connectivity index (χ2n) is 12.1. The second kappa shape index (κ2) is 15.5. The molecule has 0 saturated heterocycles. The van der Waals surface area contributed by atoms with Crippen molar-refractivity contribution in [2.45, 2.75) is 70.7 Å². The number of aryl methyl sites for hydroxylation is 1. The smallest absolute Gasteiger partial charge is 0.354 e. The molecule has 10 N–H and O–H groups in total. The molecule has 3 atom stereocenters. The summed E-state index contributed by atoms with van der Waals surface area (Å²) in [6, 6.07) is 12.7. The van der Waals surface area contributed by atoms with Crippen LogP contribution in [0, 0.1) is 5.82 Å². The summed E-state index contributed by atoms with van der Waals surface area (Å²) >= 11 is 6.26. The Balaban J connectivity index is 1.27. The third-order valence-electron chi connectivity index (χ3n) is 8.14. The molecule has 3 aromatic heterocycles. The van der Waals surface area contributed by atoms with Gasteiger partial charge in [-0.2, -0.15) is 4.98 Å². The van der Waals surface area contributed by atoms with Crippen LogP contribution in [0.2, 0.25) is 5.02 Å². The summed E-state index contributed by atoms with van der Waals surface area (Å²) in [5, 5.41) is 12.3. The minimum absolute atomic E-state index is 0.00913. The number of nitrogens with zero attached hydrogens (tertiary/aromatic N) is 6. The van der Waals surface area contributed by atoms with Crippen LogP contribution in [-0.4, -0.2) is 54.1 Å². The topological polar surface area (TPSA) is 210 Å². The quantitative estimate of drug-likeness (QED) is 0.0709. The van der Waals surface area contributed by atoms with Crippen LogP contribution < -0.4 is 33.9 Å². The Kier molecular flexibility index (Phi) is 11.2. The van der Waals surface area contributed by atoms with E-state index in [1.165, 1.54) is 4.57 Å². The van der Waals surface area contributed by atoms with Crippen molar-refractivity contribution < 1.29 is 4.39 Å². The molecule has 15 heteroatoms. The Labute approximate surface area is 282 Å². The molecular formula is C33H42ClFN12O. The van der Waals surface area contributed by atoms with Crippen molar-refractivity contribution >= 4 is 28.6 Å². The van der Waals surface area contributed by atoms with E-state index in [1.54, 1.807) is 35.3 Å². The van der Waals surface area contributed by atoms with Gasteiger partial charge >= 0.3 is 5.69 Å². The Morgan fingerprint density at radius 3 is 2.58 bits per heavy atom. The van der Waals surface area contributed by atoms with Gasteiger partial charge in [-0.15, -0.1) is 5.10 Å². The van der Waals surface area contributed by atoms with E-state index in [1.807, 2.05) is 31.2 Å². The van der Waals surface area contributed by atoms with E-state index in [0.717, 1.165) is 30.4 Å². The van der Waals surface area contributed by atoms with E-state index in [4.69, 9.17) is 34.5 Å². The maximum Gasteiger partial charge on any atom is 0.354 e. The lowest BCUT2D eigenvalue weighted by Gasteiger charge is -2.18. The molecule has 5 rings (SSSR count). The summed E-state index contributed by atoms with van der Waals surface area (Å²) in [5.74, 6) is -0.521. The van der Waals surface area contributed by atoms with Gasteiger partial charge in [-0.25, -0.2) is 14.2 Å². The number of nitrogens with one attached hydrogen (secondary N) is 2. The SMILES string of the molecule is C[C@H](N)CCCc1cc(Cl)c(F)c(-c2cc3cn(-c4ccc([C@H](C)NCC[C@H](Cn5cc(CN)nn5)N=C(N)N)cc4)c(=O)nc3[nH]2)c1. The van der Waals surface area contributed by atoms with Gasteiger partial charge in [-0.05, 0) is 87.5 Å². The van der Waals surface area contributed by atoms with Crippen molar-refractivity contribution in [3.8, 4) is 16.9 Å². The molecule has 0 fully saturated rings. The van der Waals surface area contributed by atoms with Crippen molar-refractivity contribution in [2.24, 2.45) is 27.9 Å². The van der Waals surface area contributed by atoms with Gasteiger partial charge in [0, 0.05) is 42.0 Å². The van der Waals surface area contributed by atoms with Gasteiger partial charge in [-0.3, -0.25) is 9.25 Å². The molecular weight excluding hydrogens is 635 g/mol. The summed E-state index contributed by atoms with van der Waals surface area (Å²) in [5.41, 5.74) is 26.8. The zero-order valence-corrected chi connectivity index (χ0v) is 27.8. The third kappa shape index (κ3) is 8.63. The lowest BCUT2D eigenvalue weighted by Crippen LogP contribution is -2.30. The van der Waals surface area contributed by atoms with E-state index in [9.17, 15) is 4.79 Å². The van der Waals surface area contributed by atoms with Crippen LogP contribution in [0.25, 0.3) is 28.0 Å². The zero-order chi connectivity index (χ0) is 34.4. The van der Waals surface area contributed by atoms with Crippen molar-refractivity contribution in [2.75, 3.05) is 6.54 Å². The van der Waals surface area contributed by atoms with E-state index in [0.29, 0.717) is 59.7 Å². The summed E-state index contributed by atoms with van der Waals surface area (Å²) < 4.78 is 18.3. The number of hydrogen-bond acceptors (Lipinski definition) is 8. The lowest BCUT2D eigenvalue weighted by molar-refractivity contribution is 0.450. The van der Waals surface area contributed by atoms with Crippen LogP contribution in [0.15, 0.2) is 64.6 Å². The number of fused-ring (bicyclic) bond motifs is 1. The van der Waals surface area contributed by atoms with E-state index in [2.05, 4.69) is 37.5 Å². The molecule has 0 bridgehead atoms. The van der Waals surface area contributed by atoms with Crippen LogP contribution in [0.3, 0.4) is 0 Å². The summed E-state index contributed by atoms with van der Waals surface area (Å²) in [4.78, 5) is 24.7. The third-order valence-corrected chi connectivity index (χ3v) is 8.41. The number of guanidine groups is 1. The Bertz CT molecular complexity index is 1930. The van der Waals surface area contributed by atoms with Crippen molar-refractivity contribution in [3.05, 3.63) is 93.0 Å². The van der Waals surface area contributed by atoms with Crippen LogP contribution in [0.1, 0.15) is 56.0 Å². The monoisotopic (exact) mass is 676 g/mol. The molecule has 13 nitrogen and oxygen atoms in total. The number of hydrogen-bond donors (Lipinski definition) is 6. The molecule has 3 heterocycles. The Hall–Kier alpha value is -4.63. The van der Waals surface area contributed by atoms with Gasteiger partial charge in [0.25, 0.3) is 0 Å². The summed E-state index contributed by atoms with van der Waals surface area (Å²) in [7, 11) is 0. The second-order valence-corrected chi connectivity index (χ2v) is 12.5. The fraction of sp³-hybridized carbons (Fsp3) is 0.364. The number of benzene rings is 2. The highest BCUT2D eigenvalue weighted by atomic mass is 35.5. The van der Waals surface area contributed by atoms with Crippen LogP contribution in [0.5, 0.6) is 0 Å². The number of H-pyrrole nitrogens is 1. The average Bonchev–Trinajstić information content (AvgIpc) is 3.68. The predicted octanol–water partition coefficient (Wildman–Crippen LogP) is 3.28. The molecule has 48 heavy (non-hydrogen) atoms. The summed E-state index contributed by atoms with van der Waals surface area (Å²) in [6.45, 7) is 5.42. The molecule has 0 saturated carbocycles. The predicted molar refractivity (Wildman–Crippen MR) is 187 cm³/mol. The molecule has 0 radical (unpaired) electrons. The van der Waals surface area contributed by atoms with Gasteiger partial charge in [0.1, 0.15) is 5.65 Å². The molecule has 5 aromatic rings. The van der Waals surface area contributed by atoms with E-state index < -0.39 is 11.5 Å². The van der Waals surface area contributed by atoms with Gasteiger partial charge in [0.15, 0.2) is 11.8 Å². The average molecular weight is 677 g/mol. The first kappa shape index (κ1) is 34.7. The van der Waals surface area contributed by atoms with E-state index in [-0.39, 0.29) is 29.1 Å². The number of halogens is 2. The first-order valence-electron chi connectivity index (χ1n) is 15.9. The Morgan fingerprint density at radius 1 is 1.12 bits per heavy atom. The zero-order valence-electron chi connectivity index (χ0n) is 27.0. The molecule has 0 unspecified atom stereocenters. The number of rotatable bonds is 15. The standard InChI is InChI=1S/C33H42ClFN12O/c1-19(37)4-3-5-21-12-27(30(35)28(34)13-21)29-14-23-16-47(33(48)43-31(23)42-29)26-8-6-22(7-9-26)20(2)40-11-10-24(41-32(38)39)17-46-18-25(15-36)44-45-46/h6-9,12-14,16,18-20,24,40H,3-5,10-11,15,17,36-37H2,1-2H3,(H4,38,39,41)(H,42,43,48)/t19-,20-,24+/m0/s1. The number of nitrogens with two attached hydrogens (primary N) is 4. The molecule has 254 valence electrons. The first-order valence-corrected chi connectivity index (χ1v) is 16.3. The van der Waals surface area contributed by atoms with Crippen LogP contribution in [-0.2, 0) is 19.5 Å². The highest BCUT2D eigenvalue weighted by Gasteiger charge is 2.16. The number of aliphatic imine (C=N–C) groups is 1.